The molecule has 0 spiro atoms. The summed E-state index contributed by atoms with van der Waals surface area (Å²) in [4.78, 5) is 10.9. The molecule has 0 saturated heterocycles. The SMILES string of the molecule is C=C1C(=O)C(O)=C(C)[C@@H]1C. The van der Waals surface area contributed by atoms with Gasteiger partial charge in [-0.25, -0.2) is 0 Å². The van der Waals surface area contributed by atoms with Gasteiger partial charge in [0.2, 0.25) is 5.78 Å². The Morgan fingerprint density at radius 1 is 1.60 bits per heavy atom. The van der Waals surface area contributed by atoms with Gasteiger partial charge in [0.1, 0.15) is 0 Å². The zero-order chi connectivity index (χ0) is 7.89. The molecule has 0 aliphatic heterocycles. The van der Waals surface area contributed by atoms with Crippen LogP contribution in [0.1, 0.15) is 13.8 Å². The normalized spacial score (nSPS) is 26.4. The molecule has 0 radical (unpaired) electrons. The van der Waals surface area contributed by atoms with E-state index in [1.807, 2.05) is 6.92 Å². The summed E-state index contributed by atoms with van der Waals surface area (Å²) in [7, 11) is 0. The number of aliphatic hydroxyl groups excluding tert-OH is 1. The van der Waals surface area contributed by atoms with Crippen LogP contribution in [0.2, 0.25) is 0 Å². The predicted molar refractivity (Wildman–Crippen MR) is 38.6 cm³/mol. The van der Waals surface area contributed by atoms with Crippen LogP contribution in [0.3, 0.4) is 0 Å². The van der Waals surface area contributed by atoms with Gasteiger partial charge < -0.3 is 5.11 Å². The van der Waals surface area contributed by atoms with Crippen molar-refractivity contribution in [3.05, 3.63) is 23.5 Å². The van der Waals surface area contributed by atoms with Crippen LogP contribution in [0, 0.1) is 5.92 Å². The summed E-state index contributed by atoms with van der Waals surface area (Å²) in [6, 6.07) is 0. The van der Waals surface area contributed by atoms with Gasteiger partial charge in [0, 0.05) is 11.5 Å². The van der Waals surface area contributed by atoms with Crippen LogP contribution in [-0.2, 0) is 4.79 Å². The molecule has 1 aliphatic carbocycles. The first-order valence-electron chi connectivity index (χ1n) is 3.19. The van der Waals surface area contributed by atoms with E-state index in [0.717, 1.165) is 5.57 Å². The highest BCUT2D eigenvalue weighted by molar-refractivity contribution is 6.10. The topological polar surface area (TPSA) is 37.3 Å². The lowest BCUT2D eigenvalue weighted by molar-refractivity contribution is -0.114. The summed E-state index contributed by atoms with van der Waals surface area (Å²) < 4.78 is 0. The summed E-state index contributed by atoms with van der Waals surface area (Å²) in [5.74, 6) is -0.394. The highest BCUT2D eigenvalue weighted by Crippen LogP contribution is 2.30. The second-order valence-corrected chi connectivity index (χ2v) is 2.61. The van der Waals surface area contributed by atoms with Crippen molar-refractivity contribution in [2.24, 2.45) is 5.92 Å². The van der Waals surface area contributed by atoms with Gasteiger partial charge in [0.05, 0.1) is 0 Å². The van der Waals surface area contributed by atoms with Gasteiger partial charge in [0.25, 0.3) is 0 Å². The first-order chi connectivity index (χ1) is 4.55. The maximum absolute atomic E-state index is 10.9. The van der Waals surface area contributed by atoms with Crippen molar-refractivity contribution in [2.45, 2.75) is 13.8 Å². The fourth-order valence-electron chi connectivity index (χ4n) is 0.994. The summed E-state index contributed by atoms with van der Waals surface area (Å²) in [6.07, 6.45) is 0. The fraction of sp³-hybridized carbons (Fsp3) is 0.375. The van der Waals surface area contributed by atoms with Gasteiger partial charge in [0.15, 0.2) is 5.76 Å². The molecule has 0 saturated carbocycles. The van der Waals surface area contributed by atoms with Crippen molar-refractivity contribution < 1.29 is 9.90 Å². The van der Waals surface area contributed by atoms with Crippen LogP contribution in [0.15, 0.2) is 23.5 Å². The molecule has 0 aromatic heterocycles. The summed E-state index contributed by atoms with van der Waals surface area (Å²) in [5.41, 5.74) is 1.23. The fourth-order valence-corrected chi connectivity index (χ4v) is 0.994. The largest absolute Gasteiger partial charge is 0.504 e. The maximum atomic E-state index is 10.9. The predicted octanol–water partition coefficient (Wildman–Crippen LogP) is 1.59. The molecule has 1 N–H and O–H groups in total. The van der Waals surface area contributed by atoms with Gasteiger partial charge in [-0.05, 0) is 12.5 Å². The molecule has 1 atom stereocenters. The Bertz CT molecular complexity index is 236. The van der Waals surface area contributed by atoms with Crippen LogP contribution >= 0.6 is 0 Å². The standard InChI is InChI=1S/C8H10O2/c1-4-5(2)7(9)8(10)6(4)3/h4,10H,2H2,1,3H3/t4-/m1/s1. The number of ketones is 1. The second kappa shape index (κ2) is 1.97. The van der Waals surface area contributed by atoms with Gasteiger partial charge >= 0.3 is 0 Å². The number of allylic oxidation sites excluding steroid dienone is 2. The number of carbonyl (C=O) groups excluding carboxylic acids is 1. The molecular weight excluding hydrogens is 128 g/mol. The number of hydrogen-bond acceptors (Lipinski definition) is 2. The first kappa shape index (κ1) is 7.06. The smallest absolute Gasteiger partial charge is 0.223 e. The Hall–Kier alpha value is -1.05. The molecule has 0 unspecified atom stereocenters. The Kier molecular flexibility index (Phi) is 1.39. The minimum Gasteiger partial charge on any atom is -0.504 e. The van der Waals surface area contributed by atoms with E-state index in [1.165, 1.54) is 0 Å². The third-order valence-electron chi connectivity index (χ3n) is 2.05. The molecule has 2 heteroatoms. The van der Waals surface area contributed by atoms with E-state index in [9.17, 15) is 4.79 Å². The number of Topliss-reactive ketones (excluding diaryl/α,β-unsaturated/α-hetero) is 1. The monoisotopic (exact) mass is 138 g/mol. The van der Waals surface area contributed by atoms with E-state index in [1.54, 1.807) is 6.92 Å². The molecule has 2 nitrogen and oxygen atoms in total. The Labute approximate surface area is 59.9 Å². The quantitative estimate of drug-likeness (QED) is 0.516. The van der Waals surface area contributed by atoms with E-state index in [4.69, 9.17) is 5.11 Å². The van der Waals surface area contributed by atoms with Crippen LogP contribution < -0.4 is 0 Å². The second-order valence-electron chi connectivity index (χ2n) is 2.61. The molecule has 0 fully saturated rings. The van der Waals surface area contributed by atoms with Crippen LogP contribution in [0.25, 0.3) is 0 Å². The third-order valence-corrected chi connectivity index (χ3v) is 2.05. The van der Waals surface area contributed by atoms with Crippen molar-refractivity contribution in [3.8, 4) is 0 Å². The summed E-state index contributed by atoms with van der Waals surface area (Å²) in [6.45, 7) is 7.17. The van der Waals surface area contributed by atoms with E-state index in [-0.39, 0.29) is 17.5 Å². The molecule has 0 heterocycles. The van der Waals surface area contributed by atoms with Gasteiger partial charge in [-0.15, -0.1) is 0 Å². The maximum Gasteiger partial charge on any atom is 0.223 e. The van der Waals surface area contributed by atoms with Gasteiger partial charge in [-0.2, -0.15) is 0 Å². The van der Waals surface area contributed by atoms with E-state index in [2.05, 4.69) is 6.58 Å². The Balaban J connectivity index is 3.11. The highest BCUT2D eigenvalue weighted by Gasteiger charge is 2.29. The lowest BCUT2D eigenvalue weighted by Gasteiger charge is -2.00. The van der Waals surface area contributed by atoms with Crippen molar-refractivity contribution in [3.63, 3.8) is 0 Å². The average Bonchev–Trinajstić information content (AvgIpc) is 2.07. The number of aliphatic hydroxyl groups is 1. The third kappa shape index (κ3) is 0.685. The van der Waals surface area contributed by atoms with Crippen molar-refractivity contribution in [1.82, 2.24) is 0 Å². The van der Waals surface area contributed by atoms with Gasteiger partial charge in [-0.1, -0.05) is 13.5 Å². The van der Waals surface area contributed by atoms with E-state index >= 15 is 0 Å². The van der Waals surface area contributed by atoms with Crippen molar-refractivity contribution >= 4 is 5.78 Å². The molecule has 0 aromatic carbocycles. The zero-order valence-electron chi connectivity index (χ0n) is 6.14. The molecule has 54 valence electrons. The first-order valence-corrected chi connectivity index (χ1v) is 3.19. The van der Waals surface area contributed by atoms with Crippen LogP contribution in [0.5, 0.6) is 0 Å². The lowest BCUT2D eigenvalue weighted by Crippen LogP contribution is -1.99. The Morgan fingerprint density at radius 3 is 2.20 bits per heavy atom. The van der Waals surface area contributed by atoms with Crippen molar-refractivity contribution in [1.29, 1.82) is 0 Å². The average molecular weight is 138 g/mol. The minimum absolute atomic E-state index is 0.0208. The molecule has 1 rings (SSSR count). The van der Waals surface area contributed by atoms with Crippen molar-refractivity contribution in [2.75, 3.05) is 0 Å². The van der Waals surface area contributed by atoms with E-state index in [0.29, 0.717) is 5.57 Å². The Morgan fingerprint density at radius 2 is 2.10 bits per heavy atom. The lowest BCUT2D eigenvalue weighted by atomic mass is 10.0. The van der Waals surface area contributed by atoms with Gasteiger partial charge in [-0.3, -0.25) is 4.79 Å². The molecular formula is C8H10O2. The summed E-state index contributed by atoms with van der Waals surface area (Å²) in [5, 5.41) is 9.08. The number of rotatable bonds is 0. The molecule has 10 heavy (non-hydrogen) atoms. The van der Waals surface area contributed by atoms with E-state index < -0.39 is 0 Å². The molecule has 1 aliphatic rings. The number of carbonyl (C=O) groups is 1. The van der Waals surface area contributed by atoms with Crippen LogP contribution in [0.4, 0.5) is 0 Å². The molecule has 0 amide bonds. The molecule has 0 aromatic rings. The summed E-state index contributed by atoms with van der Waals surface area (Å²) >= 11 is 0. The zero-order valence-corrected chi connectivity index (χ0v) is 6.14. The highest BCUT2D eigenvalue weighted by atomic mass is 16.3. The molecule has 0 bridgehead atoms. The number of hydrogen-bond donors (Lipinski definition) is 1. The van der Waals surface area contributed by atoms with Crippen LogP contribution in [-0.4, -0.2) is 10.9 Å². The minimum atomic E-state index is -0.301.